The van der Waals surface area contributed by atoms with Crippen molar-refractivity contribution >= 4 is 12.2 Å². The van der Waals surface area contributed by atoms with Gasteiger partial charge in [0.15, 0.2) is 4.77 Å². The third-order valence-corrected chi connectivity index (χ3v) is 3.06. The van der Waals surface area contributed by atoms with Gasteiger partial charge >= 0.3 is 0 Å². The zero-order chi connectivity index (χ0) is 11.0. The van der Waals surface area contributed by atoms with Crippen molar-refractivity contribution in [3.8, 4) is 0 Å². The number of nitrogens with one attached hydrogen (secondary N) is 1. The van der Waals surface area contributed by atoms with Gasteiger partial charge in [-0.3, -0.25) is 10.1 Å². The maximum absolute atomic E-state index is 5.23. The molecule has 1 N–H and O–H groups in total. The maximum Gasteiger partial charge on any atom is 0.195 e. The SMILES string of the molecule is S=c1[nH]nc(Cc2cccnc2)n1C1CC1. The third-order valence-electron chi connectivity index (χ3n) is 2.77. The molecule has 0 unspecified atom stereocenters. The lowest BCUT2D eigenvalue weighted by Gasteiger charge is -2.04. The molecule has 0 atom stereocenters. The van der Waals surface area contributed by atoms with E-state index in [0.717, 1.165) is 17.0 Å². The van der Waals surface area contributed by atoms with Gasteiger partial charge in [-0.15, -0.1) is 0 Å². The van der Waals surface area contributed by atoms with Gasteiger partial charge < -0.3 is 4.57 Å². The fourth-order valence-corrected chi connectivity index (χ4v) is 2.16. The summed E-state index contributed by atoms with van der Waals surface area (Å²) in [5.74, 6) is 1.01. The molecule has 1 saturated carbocycles. The molecule has 16 heavy (non-hydrogen) atoms. The van der Waals surface area contributed by atoms with Gasteiger partial charge in [-0.25, -0.2) is 0 Å². The average molecular weight is 232 g/mol. The second-order valence-corrected chi connectivity index (χ2v) is 4.47. The van der Waals surface area contributed by atoms with Gasteiger partial charge in [0.1, 0.15) is 5.82 Å². The van der Waals surface area contributed by atoms with Crippen LogP contribution in [0, 0.1) is 4.77 Å². The van der Waals surface area contributed by atoms with E-state index in [9.17, 15) is 0 Å². The molecule has 2 aromatic heterocycles. The van der Waals surface area contributed by atoms with E-state index in [2.05, 4.69) is 25.8 Å². The van der Waals surface area contributed by atoms with Crippen LogP contribution in [0.4, 0.5) is 0 Å². The first-order chi connectivity index (χ1) is 7.84. The first-order valence-corrected chi connectivity index (χ1v) is 5.80. The highest BCUT2D eigenvalue weighted by molar-refractivity contribution is 7.71. The number of pyridine rings is 1. The van der Waals surface area contributed by atoms with Crippen molar-refractivity contribution in [3.63, 3.8) is 0 Å². The summed E-state index contributed by atoms with van der Waals surface area (Å²) >= 11 is 5.23. The Labute approximate surface area is 98.3 Å². The number of aromatic amines is 1. The minimum Gasteiger partial charge on any atom is -0.301 e. The summed E-state index contributed by atoms with van der Waals surface area (Å²) in [5, 5.41) is 7.16. The highest BCUT2D eigenvalue weighted by Crippen LogP contribution is 2.36. The molecule has 0 radical (unpaired) electrons. The average Bonchev–Trinajstić information content (AvgIpc) is 3.07. The summed E-state index contributed by atoms with van der Waals surface area (Å²) < 4.78 is 2.88. The second-order valence-electron chi connectivity index (χ2n) is 4.08. The Kier molecular flexibility index (Phi) is 2.32. The molecule has 0 spiro atoms. The molecule has 1 aliphatic rings. The molecule has 0 amide bonds. The van der Waals surface area contributed by atoms with Gasteiger partial charge in [0.2, 0.25) is 0 Å². The molecular weight excluding hydrogens is 220 g/mol. The lowest BCUT2D eigenvalue weighted by atomic mass is 10.2. The number of hydrogen-bond acceptors (Lipinski definition) is 3. The number of H-pyrrole nitrogens is 1. The van der Waals surface area contributed by atoms with Crippen LogP contribution in [0.15, 0.2) is 24.5 Å². The standard InChI is InChI=1S/C11H12N4S/c16-11-14-13-10(15(11)9-3-4-9)6-8-2-1-5-12-7-8/h1-2,5,7,9H,3-4,6H2,(H,14,16). The minimum atomic E-state index is 0.568. The lowest BCUT2D eigenvalue weighted by Crippen LogP contribution is -2.02. The van der Waals surface area contributed by atoms with Crippen LogP contribution >= 0.6 is 12.2 Å². The van der Waals surface area contributed by atoms with Gasteiger partial charge in [0.05, 0.1) is 0 Å². The van der Waals surface area contributed by atoms with Crippen molar-refractivity contribution < 1.29 is 0 Å². The molecule has 82 valence electrons. The molecule has 2 aromatic rings. The Hall–Kier alpha value is -1.49. The first-order valence-electron chi connectivity index (χ1n) is 5.39. The Balaban J connectivity index is 1.93. The molecule has 0 bridgehead atoms. The maximum atomic E-state index is 5.23. The van der Waals surface area contributed by atoms with Gasteiger partial charge in [0, 0.05) is 24.9 Å². The molecular formula is C11H12N4S. The van der Waals surface area contributed by atoms with E-state index in [1.165, 1.54) is 18.4 Å². The van der Waals surface area contributed by atoms with Crippen LogP contribution < -0.4 is 0 Å². The topological polar surface area (TPSA) is 46.5 Å². The summed E-state index contributed by atoms with van der Waals surface area (Å²) in [4.78, 5) is 4.10. The van der Waals surface area contributed by atoms with Gasteiger partial charge in [-0.2, -0.15) is 5.10 Å². The van der Waals surface area contributed by atoms with Crippen molar-refractivity contribution in [2.45, 2.75) is 25.3 Å². The van der Waals surface area contributed by atoms with E-state index < -0.39 is 0 Å². The zero-order valence-corrected chi connectivity index (χ0v) is 9.57. The predicted octanol–water partition coefficient (Wildman–Crippen LogP) is 2.26. The Morgan fingerprint density at radius 1 is 1.50 bits per heavy atom. The van der Waals surface area contributed by atoms with E-state index in [1.54, 1.807) is 6.20 Å². The smallest absolute Gasteiger partial charge is 0.195 e. The van der Waals surface area contributed by atoms with Crippen LogP contribution in [0.1, 0.15) is 30.3 Å². The highest BCUT2D eigenvalue weighted by atomic mass is 32.1. The molecule has 3 rings (SSSR count). The van der Waals surface area contributed by atoms with E-state index in [0.29, 0.717) is 6.04 Å². The number of nitrogens with zero attached hydrogens (tertiary/aromatic N) is 3. The van der Waals surface area contributed by atoms with Crippen molar-refractivity contribution in [1.29, 1.82) is 0 Å². The van der Waals surface area contributed by atoms with E-state index in [-0.39, 0.29) is 0 Å². The van der Waals surface area contributed by atoms with E-state index >= 15 is 0 Å². The van der Waals surface area contributed by atoms with Crippen LogP contribution in [-0.2, 0) is 6.42 Å². The first kappa shape index (κ1) is 9.72. The van der Waals surface area contributed by atoms with Gasteiger partial charge in [-0.05, 0) is 36.7 Å². The highest BCUT2D eigenvalue weighted by Gasteiger charge is 2.27. The summed E-state index contributed by atoms with van der Waals surface area (Å²) in [6, 6.07) is 4.57. The van der Waals surface area contributed by atoms with Crippen LogP contribution in [0.5, 0.6) is 0 Å². The summed E-state index contributed by atoms with van der Waals surface area (Å²) in [7, 11) is 0. The van der Waals surface area contributed by atoms with Crippen molar-refractivity contribution in [2.24, 2.45) is 0 Å². The summed E-state index contributed by atoms with van der Waals surface area (Å²) in [6.45, 7) is 0. The van der Waals surface area contributed by atoms with Crippen molar-refractivity contribution in [1.82, 2.24) is 19.7 Å². The molecule has 1 fully saturated rings. The largest absolute Gasteiger partial charge is 0.301 e. The molecule has 0 saturated heterocycles. The number of rotatable bonds is 3. The monoisotopic (exact) mass is 232 g/mol. The Bertz CT molecular complexity index is 539. The van der Waals surface area contributed by atoms with Gasteiger partial charge in [0.25, 0.3) is 0 Å². The van der Waals surface area contributed by atoms with Crippen molar-refractivity contribution in [2.75, 3.05) is 0 Å². The van der Waals surface area contributed by atoms with Crippen LogP contribution in [0.3, 0.4) is 0 Å². The van der Waals surface area contributed by atoms with Crippen LogP contribution in [0.2, 0.25) is 0 Å². The second kappa shape index (κ2) is 3.83. The molecule has 2 heterocycles. The summed E-state index contributed by atoms with van der Waals surface area (Å²) in [6.07, 6.45) is 6.87. The van der Waals surface area contributed by atoms with Crippen LogP contribution in [-0.4, -0.2) is 19.7 Å². The fourth-order valence-electron chi connectivity index (χ4n) is 1.86. The molecule has 0 aromatic carbocycles. The number of hydrogen-bond donors (Lipinski definition) is 1. The minimum absolute atomic E-state index is 0.568. The van der Waals surface area contributed by atoms with Crippen LogP contribution in [0.25, 0.3) is 0 Å². The predicted molar refractivity (Wildman–Crippen MR) is 62.7 cm³/mol. The van der Waals surface area contributed by atoms with Gasteiger partial charge in [-0.1, -0.05) is 6.07 Å². The normalized spacial score (nSPS) is 15.2. The summed E-state index contributed by atoms with van der Waals surface area (Å²) in [5.41, 5.74) is 1.17. The molecule has 1 aliphatic carbocycles. The third kappa shape index (κ3) is 1.78. The van der Waals surface area contributed by atoms with E-state index in [1.807, 2.05) is 12.3 Å². The quantitative estimate of drug-likeness (QED) is 0.826. The van der Waals surface area contributed by atoms with Crippen molar-refractivity contribution in [3.05, 3.63) is 40.7 Å². The fraction of sp³-hybridized carbons (Fsp3) is 0.364. The molecule has 0 aliphatic heterocycles. The zero-order valence-electron chi connectivity index (χ0n) is 8.76. The molecule has 4 nitrogen and oxygen atoms in total. The Morgan fingerprint density at radius 2 is 2.38 bits per heavy atom. The number of aromatic nitrogens is 4. The molecule has 5 heteroatoms. The van der Waals surface area contributed by atoms with E-state index in [4.69, 9.17) is 12.2 Å². The lowest BCUT2D eigenvalue weighted by molar-refractivity contribution is 0.685. The Morgan fingerprint density at radius 3 is 3.06 bits per heavy atom.